The van der Waals surface area contributed by atoms with Crippen LogP contribution in [0.15, 0.2) is 24.3 Å². The maximum atomic E-state index is 13.2. The van der Waals surface area contributed by atoms with Crippen LogP contribution >= 0.6 is 0 Å². The molecule has 160 valence electrons. The molecule has 29 heavy (non-hydrogen) atoms. The summed E-state index contributed by atoms with van der Waals surface area (Å²) in [6.45, 7) is 2.23. The van der Waals surface area contributed by atoms with Crippen LogP contribution in [0.1, 0.15) is 35.2 Å². The number of ether oxygens (including phenoxy) is 1. The highest BCUT2D eigenvalue weighted by atomic mass is 19.4. The zero-order valence-corrected chi connectivity index (χ0v) is 16.5. The van der Waals surface area contributed by atoms with Gasteiger partial charge >= 0.3 is 12.1 Å². The number of amides is 1. The molecule has 2 fully saturated rings. The number of benzene rings is 1. The Kier molecular flexibility index (Phi) is 6.48. The molecule has 9 heteroatoms. The largest absolute Gasteiger partial charge is 0.468 e. The van der Waals surface area contributed by atoms with Gasteiger partial charge in [-0.3, -0.25) is 14.5 Å². The fourth-order valence-corrected chi connectivity index (χ4v) is 4.25. The summed E-state index contributed by atoms with van der Waals surface area (Å²) in [5.74, 6) is -1.16. The number of esters is 1. The van der Waals surface area contributed by atoms with Crippen molar-refractivity contribution in [3.05, 3.63) is 35.4 Å². The lowest BCUT2D eigenvalue weighted by Crippen LogP contribution is -2.49. The Balaban J connectivity index is 1.73. The fourth-order valence-electron chi connectivity index (χ4n) is 4.25. The van der Waals surface area contributed by atoms with E-state index in [2.05, 4.69) is 10.2 Å². The molecule has 1 amide bonds. The van der Waals surface area contributed by atoms with Crippen molar-refractivity contribution in [1.29, 1.82) is 0 Å². The normalized spacial score (nSPS) is 24.4. The van der Waals surface area contributed by atoms with Gasteiger partial charge in [0.15, 0.2) is 0 Å². The third-order valence-corrected chi connectivity index (χ3v) is 5.78. The molecule has 2 atom stereocenters. The van der Waals surface area contributed by atoms with E-state index in [4.69, 9.17) is 4.74 Å². The van der Waals surface area contributed by atoms with Crippen molar-refractivity contribution in [3.63, 3.8) is 0 Å². The molecule has 3 rings (SSSR count). The number of carbonyl (C=O) groups is 2. The van der Waals surface area contributed by atoms with Gasteiger partial charge in [0.2, 0.25) is 0 Å². The van der Waals surface area contributed by atoms with E-state index < -0.39 is 35.3 Å². The van der Waals surface area contributed by atoms with Gasteiger partial charge in [-0.15, -0.1) is 0 Å². The number of nitrogens with zero attached hydrogens (tertiary/aromatic N) is 2. The molecule has 0 unspecified atom stereocenters. The Morgan fingerprint density at radius 1 is 1.17 bits per heavy atom. The molecule has 2 aliphatic rings. The molecule has 2 heterocycles. The lowest BCUT2D eigenvalue weighted by atomic mass is 10.0. The van der Waals surface area contributed by atoms with Crippen molar-refractivity contribution >= 4 is 11.9 Å². The summed E-state index contributed by atoms with van der Waals surface area (Å²) in [6, 6.07) is 3.97. The number of rotatable bonds is 4. The van der Waals surface area contributed by atoms with E-state index in [9.17, 15) is 22.8 Å². The van der Waals surface area contributed by atoms with Gasteiger partial charge in [-0.25, -0.2) is 0 Å². The second-order valence-electron chi connectivity index (χ2n) is 7.72. The number of piperidine rings is 1. The average molecular weight is 413 g/mol. The van der Waals surface area contributed by atoms with Gasteiger partial charge in [-0.1, -0.05) is 12.1 Å². The van der Waals surface area contributed by atoms with Gasteiger partial charge < -0.3 is 15.0 Å². The first-order chi connectivity index (χ1) is 13.7. The minimum atomic E-state index is -4.61. The summed E-state index contributed by atoms with van der Waals surface area (Å²) in [5, 5.41) is 2.70. The van der Waals surface area contributed by atoms with Crippen LogP contribution in [0.5, 0.6) is 0 Å². The molecule has 2 saturated heterocycles. The molecular formula is C20H26F3N3O3. The predicted molar refractivity (Wildman–Crippen MR) is 100 cm³/mol. The maximum Gasteiger partial charge on any atom is 0.417 e. The Morgan fingerprint density at radius 2 is 1.83 bits per heavy atom. The predicted octanol–water partition coefficient (Wildman–Crippen LogP) is 2.15. The van der Waals surface area contributed by atoms with Crippen LogP contribution in [0.3, 0.4) is 0 Å². The second kappa shape index (κ2) is 8.71. The van der Waals surface area contributed by atoms with E-state index in [1.54, 1.807) is 0 Å². The third-order valence-electron chi connectivity index (χ3n) is 5.78. The van der Waals surface area contributed by atoms with Crippen LogP contribution in [0.4, 0.5) is 13.2 Å². The van der Waals surface area contributed by atoms with Crippen LogP contribution in [0, 0.1) is 0 Å². The minimum absolute atomic E-state index is 0.180. The number of methoxy groups -OCH3 is 1. The zero-order valence-electron chi connectivity index (χ0n) is 16.5. The first-order valence-corrected chi connectivity index (χ1v) is 9.70. The first-order valence-electron chi connectivity index (χ1n) is 9.70. The smallest absolute Gasteiger partial charge is 0.417 e. The van der Waals surface area contributed by atoms with Crippen molar-refractivity contribution in [3.8, 4) is 0 Å². The molecule has 0 aromatic heterocycles. The number of alkyl halides is 3. The Bertz CT molecular complexity index is 748. The third kappa shape index (κ3) is 4.90. The van der Waals surface area contributed by atoms with Crippen LogP contribution in [-0.4, -0.2) is 73.6 Å². The molecular weight excluding hydrogens is 387 g/mol. The van der Waals surface area contributed by atoms with Gasteiger partial charge in [0, 0.05) is 18.6 Å². The molecule has 1 aromatic rings. The van der Waals surface area contributed by atoms with E-state index in [1.165, 1.54) is 25.3 Å². The van der Waals surface area contributed by atoms with E-state index >= 15 is 0 Å². The summed E-state index contributed by atoms with van der Waals surface area (Å²) < 4.78 is 44.6. The van der Waals surface area contributed by atoms with Crippen LogP contribution in [-0.2, 0) is 15.7 Å². The summed E-state index contributed by atoms with van der Waals surface area (Å²) >= 11 is 0. The fraction of sp³-hybridized carbons (Fsp3) is 0.600. The van der Waals surface area contributed by atoms with Crippen molar-refractivity contribution in [1.82, 2.24) is 15.1 Å². The Hall–Kier alpha value is -2.13. The molecule has 1 aromatic carbocycles. The van der Waals surface area contributed by atoms with Crippen LogP contribution in [0.2, 0.25) is 0 Å². The van der Waals surface area contributed by atoms with Crippen molar-refractivity contribution < 1.29 is 27.5 Å². The standard InChI is InChI=1S/C20H26F3N3O3/c1-25-9-7-14(8-10-25)26-12-13(11-17(26)19(28)29-2)24-18(27)15-5-3-4-6-16(15)20(21,22)23/h3-6,13-14,17H,7-12H2,1-2H3,(H,24,27)/t13-,17+/m1/s1. The summed E-state index contributed by atoms with van der Waals surface area (Å²) in [4.78, 5) is 29.1. The lowest BCUT2D eigenvalue weighted by Gasteiger charge is -2.37. The van der Waals surface area contributed by atoms with Gasteiger partial charge in [0.1, 0.15) is 6.04 Å². The molecule has 0 spiro atoms. The first kappa shape index (κ1) is 21.6. The maximum absolute atomic E-state index is 13.2. The van der Waals surface area contributed by atoms with Gasteiger partial charge in [0.05, 0.1) is 18.2 Å². The van der Waals surface area contributed by atoms with E-state index in [-0.39, 0.29) is 12.0 Å². The molecule has 0 saturated carbocycles. The van der Waals surface area contributed by atoms with Crippen LogP contribution in [0.25, 0.3) is 0 Å². The number of halogens is 3. The minimum Gasteiger partial charge on any atom is -0.468 e. The topological polar surface area (TPSA) is 61.9 Å². The van der Waals surface area contributed by atoms with E-state index in [0.29, 0.717) is 13.0 Å². The van der Waals surface area contributed by atoms with Crippen molar-refractivity contribution in [2.24, 2.45) is 0 Å². The number of carbonyl (C=O) groups excluding carboxylic acids is 2. The molecule has 6 nitrogen and oxygen atoms in total. The van der Waals surface area contributed by atoms with Crippen molar-refractivity contribution in [2.45, 2.75) is 43.6 Å². The van der Waals surface area contributed by atoms with Crippen molar-refractivity contribution in [2.75, 3.05) is 33.8 Å². The van der Waals surface area contributed by atoms with E-state index in [1.807, 2.05) is 11.9 Å². The molecule has 0 bridgehead atoms. The summed E-state index contributed by atoms with van der Waals surface area (Å²) in [6.07, 6.45) is -2.51. The quantitative estimate of drug-likeness (QED) is 0.767. The highest BCUT2D eigenvalue weighted by Crippen LogP contribution is 2.32. The lowest BCUT2D eigenvalue weighted by molar-refractivity contribution is -0.147. The number of hydrogen-bond acceptors (Lipinski definition) is 5. The molecule has 0 radical (unpaired) electrons. The number of nitrogens with one attached hydrogen (secondary N) is 1. The van der Waals surface area contributed by atoms with E-state index in [0.717, 1.165) is 32.0 Å². The van der Waals surface area contributed by atoms with Gasteiger partial charge in [-0.2, -0.15) is 13.2 Å². The number of hydrogen-bond donors (Lipinski definition) is 1. The average Bonchev–Trinajstić information content (AvgIpc) is 3.11. The highest BCUT2D eigenvalue weighted by molar-refractivity contribution is 5.96. The monoisotopic (exact) mass is 413 g/mol. The van der Waals surface area contributed by atoms with Gasteiger partial charge in [-0.05, 0) is 51.5 Å². The zero-order chi connectivity index (χ0) is 21.2. The molecule has 0 aliphatic carbocycles. The van der Waals surface area contributed by atoms with Crippen LogP contribution < -0.4 is 5.32 Å². The molecule has 2 aliphatic heterocycles. The highest BCUT2D eigenvalue weighted by Gasteiger charge is 2.43. The number of likely N-dealkylation sites (tertiary alicyclic amines) is 2. The second-order valence-corrected chi connectivity index (χ2v) is 7.72. The molecule has 1 N–H and O–H groups in total. The summed E-state index contributed by atoms with van der Waals surface area (Å²) in [7, 11) is 3.36. The summed E-state index contributed by atoms with van der Waals surface area (Å²) in [5.41, 5.74) is -1.38. The Morgan fingerprint density at radius 3 is 2.45 bits per heavy atom. The SMILES string of the molecule is COC(=O)[C@@H]1C[C@@H](NC(=O)c2ccccc2C(F)(F)F)CN1C1CCN(C)CC1. The Labute approximate surface area is 168 Å². The van der Waals surface area contributed by atoms with Gasteiger partial charge in [0.25, 0.3) is 5.91 Å².